The minimum atomic E-state index is -3.55. The van der Waals surface area contributed by atoms with Crippen LogP contribution in [0.15, 0.2) is 83.8 Å². The van der Waals surface area contributed by atoms with Crippen LogP contribution in [0.1, 0.15) is 42.0 Å². The summed E-state index contributed by atoms with van der Waals surface area (Å²) in [6, 6.07) is 22.7. The number of hydrogen-bond donors (Lipinski definition) is 2. The Morgan fingerprint density at radius 2 is 1.62 bits per heavy atom. The van der Waals surface area contributed by atoms with Gasteiger partial charge in [0.15, 0.2) is 0 Å². The smallest absolute Gasteiger partial charge is 0.247 e. The summed E-state index contributed by atoms with van der Waals surface area (Å²) in [6.07, 6.45) is 2.27. The molecule has 5 rings (SSSR count). The quantitative estimate of drug-likeness (QED) is 0.264. The first-order valence-electron chi connectivity index (χ1n) is 15.5. The second-order valence-corrected chi connectivity index (χ2v) is 13.2. The number of carbonyl (C=O) groups excluding carboxylic acids is 2. The molecule has 1 aliphatic carbocycles. The van der Waals surface area contributed by atoms with E-state index in [0.29, 0.717) is 38.5 Å². The predicted octanol–water partition coefficient (Wildman–Crippen LogP) is 3.29. The fraction of sp³-hybridized carbons (Fsp3) is 0.412. The van der Waals surface area contributed by atoms with Crippen LogP contribution in [0.25, 0.3) is 0 Å². The van der Waals surface area contributed by atoms with Crippen molar-refractivity contribution < 1.29 is 27.5 Å². The summed E-state index contributed by atoms with van der Waals surface area (Å²) in [5.74, 6) is 0.277. The number of sulfonamides is 1. The van der Waals surface area contributed by atoms with Crippen LogP contribution in [0, 0.1) is 0 Å². The van der Waals surface area contributed by atoms with Gasteiger partial charge in [0.05, 0.1) is 25.2 Å². The summed E-state index contributed by atoms with van der Waals surface area (Å²) in [5.41, 5.74) is 2.43. The molecule has 2 fully saturated rings. The number of benzene rings is 3. The van der Waals surface area contributed by atoms with E-state index >= 15 is 0 Å². The van der Waals surface area contributed by atoms with Crippen molar-refractivity contribution in [1.82, 2.24) is 19.8 Å². The number of nitrogens with one attached hydrogen (secondary N) is 2. The molecule has 0 unspecified atom stereocenters. The molecule has 1 saturated heterocycles. The Bertz CT molecular complexity index is 1510. The van der Waals surface area contributed by atoms with Crippen molar-refractivity contribution in [3.63, 3.8) is 0 Å². The Balaban J connectivity index is 1.33. The molecule has 0 radical (unpaired) electrons. The summed E-state index contributed by atoms with van der Waals surface area (Å²) >= 11 is 0. The Morgan fingerprint density at radius 3 is 2.27 bits per heavy atom. The van der Waals surface area contributed by atoms with Crippen LogP contribution in [0.5, 0.6) is 5.75 Å². The van der Waals surface area contributed by atoms with Gasteiger partial charge in [-0.05, 0) is 60.2 Å². The van der Waals surface area contributed by atoms with Crippen molar-refractivity contribution in [2.75, 3.05) is 46.5 Å². The number of methoxy groups -OCH3 is 1. The van der Waals surface area contributed by atoms with Gasteiger partial charge in [0.1, 0.15) is 11.8 Å². The molecule has 0 bridgehead atoms. The molecular weight excluding hydrogens is 592 g/mol. The van der Waals surface area contributed by atoms with Gasteiger partial charge in [-0.1, -0.05) is 54.6 Å². The first-order chi connectivity index (χ1) is 21.8. The van der Waals surface area contributed by atoms with Crippen LogP contribution in [-0.4, -0.2) is 82.6 Å². The molecule has 1 atom stereocenters. The lowest BCUT2D eigenvalue weighted by atomic mass is 10.0. The number of hydrogen-bond acceptors (Lipinski definition) is 7. The van der Waals surface area contributed by atoms with Gasteiger partial charge >= 0.3 is 0 Å². The largest absolute Gasteiger partial charge is 0.497 e. The number of morpholine rings is 1. The van der Waals surface area contributed by atoms with Crippen LogP contribution in [0.2, 0.25) is 0 Å². The third kappa shape index (κ3) is 9.37. The highest BCUT2D eigenvalue weighted by atomic mass is 32.2. The maximum atomic E-state index is 14.0. The van der Waals surface area contributed by atoms with E-state index in [4.69, 9.17) is 9.47 Å². The number of nitrogens with zero attached hydrogens (tertiary/aromatic N) is 2. The third-order valence-electron chi connectivity index (χ3n) is 8.10. The van der Waals surface area contributed by atoms with E-state index < -0.39 is 16.1 Å². The highest BCUT2D eigenvalue weighted by Gasteiger charge is 2.32. The van der Waals surface area contributed by atoms with Crippen LogP contribution < -0.4 is 14.8 Å². The van der Waals surface area contributed by atoms with Crippen molar-refractivity contribution in [2.24, 2.45) is 0 Å². The highest BCUT2D eigenvalue weighted by molar-refractivity contribution is 7.89. The highest BCUT2D eigenvalue weighted by Crippen LogP contribution is 2.26. The molecule has 11 heteroatoms. The van der Waals surface area contributed by atoms with E-state index in [-0.39, 0.29) is 35.7 Å². The standard InChI is InChI=1S/C34H42N4O6S/c1-43-30-14-7-27(8-15-30)25-38(32(39)18-11-26-9-16-31(17-10-26)45(41,42)36-29-12-13-29)33(28-5-3-2-4-6-28)34(40)35-19-20-37-21-23-44-24-22-37/h2-10,14-17,29,33,36H,11-13,18-25H2,1H3,(H,35,40)/t33-/m0/s1. The Hall–Kier alpha value is -3.77. The second kappa shape index (κ2) is 15.5. The molecule has 2 N–H and O–H groups in total. The first kappa shape index (κ1) is 32.6. The van der Waals surface area contributed by atoms with Gasteiger partial charge in [0.25, 0.3) is 0 Å². The monoisotopic (exact) mass is 634 g/mol. The molecule has 1 saturated carbocycles. The normalized spacial score (nSPS) is 16.1. The molecule has 0 spiro atoms. The first-order valence-corrected chi connectivity index (χ1v) is 17.0. The molecule has 10 nitrogen and oxygen atoms in total. The van der Waals surface area contributed by atoms with Gasteiger partial charge in [0, 0.05) is 45.2 Å². The Morgan fingerprint density at radius 1 is 0.956 bits per heavy atom. The zero-order valence-electron chi connectivity index (χ0n) is 25.7. The van der Waals surface area contributed by atoms with Gasteiger partial charge in [-0.3, -0.25) is 14.5 Å². The molecule has 2 aliphatic rings. The molecule has 2 amide bonds. The van der Waals surface area contributed by atoms with Gasteiger partial charge in [-0.25, -0.2) is 13.1 Å². The maximum absolute atomic E-state index is 14.0. The zero-order valence-corrected chi connectivity index (χ0v) is 26.5. The van der Waals surface area contributed by atoms with Gasteiger partial charge in [0.2, 0.25) is 21.8 Å². The number of rotatable bonds is 15. The van der Waals surface area contributed by atoms with Gasteiger partial charge in [-0.15, -0.1) is 0 Å². The minimum absolute atomic E-state index is 0.0260. The lowest BCUT2D eigenvalue weighted by molar-refractivity contribution is -0.141. The topological polar surface area (TPSA) is 117 Å². The molecule has 0 aromatic heterocycles. The molecule has 45 heavy (non-hydrogen) atoms. The molecule has 1 heterocycles. The van der Waals surface area contributed by atoms with Crippen molar-refractivity contribution in [2.45, 2.75) is 49.2 Å². The number of carbonyl (C=O) groups is 2. The third-order valence-corrected chi connectivity index (χ3v) is 9.64. The van der Waals surface area contributed by atoms with E-state index in [1.807, 2.05) is 54.6 Å². The van der Waals surface area contributed by atoms with E-state index in [1.54, 1.807) is 36.3 Å². The van der Waals surface area contributed by atoms with E-state index in [0.717, 1.165) is 42.6 Å². The Kier molecular flexibility index (Phi) is 11.2. The maximum Gasteiger partial charge on any atom is 0.247 e. The number of aryl methyl sites for hydroxylation is 1. The van der Waals surface area contributed by atoms with Crippen LogP contribution in [-0.2, 0) is 37.3 Å². The predicted molar refractivity (Wildman–Crippen MR) is 171 cm³/mol. The summed E-state index contributed by atoms with van der Waals surface area (Å²) in [4.78, 5) is 32.0. The van der Waals surface area contributed by atoms with Crippen LogP contribution in [0.4, 0.5) is 0 Å². The lowest BCUT2D eigenvalue weighted by Crippen LogP contribution is -2.46. The van der Waals surface area contributed by atoms with E-state index in [2.05, 4.69) is 14.9 Å². The molecule has 240 valence electrons. The fourth-order valence-electron chi connectivity index (χ4n) is 5.34. The molecular formula is C34H42N4O6S. The van der Waals surface area contributed by atoms with Gasteiger partial charge < -0.3 is 19.7 Å². The lowest BCUT2D eigenvalue weighted by Gasteiger charge is -2.32. The summed E-state index contributed by atoms with van der Waals surface area (Å²) < 4.78 is 38.6. The number of ether oxygens (including phenoxy) is 2. The molecule has 1 aliphatic heterocycles. The average molecular weight is 635 g/mol. The zero-order chi connectivity index (χ0) is 31.6. The fourth-order valence-corrected chi connectivity index (χ4v) is 6.64. The minimum Gasteiger partial charge on any atom is -0.497 e. The SMILES string of the molecule is COc1ccc(CN(C(=O)CCc2ccc(S(=O)(=O)NC3CC3)cc2)[C@H](C(=O)NCCN2CCOCC2)c2ccccc2)cc1. The van der Waals surface area contributed by atoms with E-state index in [9.17, 15) is 18.0 Å². The van der Waals surface area contributed by atoms with Crippen molar-refractivity contribution in [3.8, 4) is 5.75 Å². The van der Waals surface area contributed by atoms with Gasteiger partial charge in [-0.2, -0.15) is 0 Å². The number of amides is 2. The summed E-state index contributed by atoms with van der Waals surface area (Å²) in [5, 5.41) is 3.08. The van der Waals surface area contributed by atoms with E-state index in [1.165, 1.54) is 0 Å². The molecule has 3 aromatic carbocycles. The molecule has 3 aromatic rings. The average Bonchev–Trinajstić information content (AvgIpc) is 3.88. The van der Waals surface area contributed by atoms with Crippen molar-refractivity contribution in [3.05, 3.63) is 95.6 Å². The summed E-state index contributed by atoms with van der Waals surface area (Å²) in [7, 11) is -1.95. The van der Waals surface area contributed by atoms with Crippen LogP contribution >= 0.6 is 0 Å². The Labute approximate surface area is 265 Å². The van der Waals surface area contributed by atoms with Crippen molar-refractivity contribution in [1.29, 1.82) is 0 Å². The second-order valence-electron chi connectivity index (χ2n) is 11.5. The summed E-state index contributed by atoms with van der Waals surface area (Å²) in [6.45, 7) is 4.39. The van der Waals surface area contributed by atoms with Crippen molar-refractivity contribution >= 4 is 21.8 Å². The van der Waals surface area contributed by atoms with Crippen LogP contribution in [0.3, 0.4) is 0 Å².